The first-order valence-electron chi connectivity index (χ1n) is 9.79. The highest BCUT2D eigenvalue weighted by molar-refractivity contribution is 6.30. The van der Waals surface area contributed by atoms with Gasteiger partial charge in [-0.1, -0.05) is 29.8 Å². The second-order valence-corrected chi connectivity index (χ2v) is 6.87. The Morgan fingerprint density at radius 2 is 1.72 bits per heavy atom. The molecule has 3 aromatic carbocycles. The molecule has 1 amide bonds. The molecule has 3 rings (SSSR count). The summed E-state index contributed by atoms with van der Waals surface area (Å²) in [4.78, 5) is 24.2. The van der Waals surface area contributed by atoms with Crippen molar-refractivity contribution in [3.8, 4) is 17.2 Å². The molecule has 0 saturated carbocycles. The number of carbonyl (C=O) groups excluding carboxylic acids is 2. The van der Waals surface area contributed by atoms with Crippen molar-refractivity contribution in [2.45, 2.75) is 6.92 Å². The molecule has 0 fully saturated rings. The summed E-state index contributed by atoms with van der Waals surface area (Å²) in [5.74, 6) is 0.294. The van der Waals surface area contributed by atoms with Crippen LogP contribution in [0.15, 0.2) is 77.9 Å². The fraction of sp³-hybridized carbons (Fsp3) is 0.125. The minimum absolute atomic E-state index is 0.197. The Labute approximate surface area is 190 Å². The molecule has 164 valence electrons. The summed E-state index contributed by atoms with van der Waals surface area (Å²) >= 11 is 5.81. The van der Waals surface area contributed by atoms with Gasteiger partial charge in [0.25, 0.3) is 5.91 Å². The minimum Gasteiger partial charge on any atom is -0.490 e. The van der Waals surface area contributed by atoms with Gasteiger partial charge >= 0.3 is 5.97 Å². The molecule has 0 aromatic heterocycles. The smallest absolute Gasteiger partial charge is 0.343 e. The van der Waals surface area contributed by atoms with Crippen molar-refractivity contribution in [2.75, 3.05) is 13.2 Å². The molecule has 0 spiro atoms. The Morgan fingerprint density at radius 3 is 2.44 bits per heavy atom. The molecular weight excluding hydrogens is 432 g/mol. The largest absolute Gasteiger partial charge is 0.490 e. The number of nitrogens with zero attached hydrogens (tertiary/aromatic N) is 1. The Kier molecular flexibility index (Phi) is 8.22. The van der Waals surface area contributed by atoms with E-state index in [2.05, 4.69) is 10.5 Å². The van der Waals surface area contributed by atoms with E-state index in [-0.39, 0.29) is 6.61 Å². The summed E-state index contributed by atoms with van der Waals surface area (Å²) in [7, 11) is 0. The number of halogens is 1. The third-order valence-electron chi connectivity index (χ3n) is 4.07. The number of hydrogen-bond donors (Lipinski definition) is 1. The van der Waals surface area contributed by atoms with Crippen LogP contribution in [0.4, 0.5) is 0 Å². The van der Waals surface area contributed by atoms with Gasteiger partial charge in [0.2, 0.25) is 0 Å². The van der Waals surface area contributed by atoms with Crippen LogP contribution in [0.2, 0.25) is 5.02 Å². The SMILES string of the molecule is CCOc1cc(/C=N/NC(=O)COc2ccc(Cl)cc2)ccc1OC(=O)c1ccccc1. The number of carbonyl (C=O) groups is 2. The van der Waals surface area contributed by atoms with E-state index in [4.69, 9.17) is 25.8 Å². The molecule has 0 aliphatic heterocycles. The molecule has 8 heteroatoms. The van der Waals surface area contributed by atoms with Crippen LogP contribution in [0.25, 0.3) is 0 Å². The van der Waals surface area contributed by atoms with E-state index in [0.29, 0.717) is 40.0 Å². The van der Waals surface area contributed by atoms with Crippen molar-refractivity contribution >= 4 is 29.7 Å². The van der Waals surface area contributed by atoms with E-state index in [0.717, 1.165) is 0 Å². The Balaban J connectivity index is 1.58. The fourth-order valence-electron chi connectivity index (χ4n) is 2.58. The molecule has 1 N–H and O–H groups in total. The van der Waals surface area contributed by atoms with E-state index >= 15 is 0 Å². The summed E-state index contributed by atoms with van der Waals surface area (Å²) < 4.78 is 16.4. The van der Waals surface area contributed by atoms with E-state index in [1.54, 1.807) is 66.7 Å². The highest BCUT2D eigenvalue weighted by Gasteiger charge is 2.13. The van der Waals surface area contributed by atoms with E-state index in [1.807, 2.05) is 13.0 Å². The van der Waals surface area contributed by atoms with Crippen molar-refractivity contribution in [1.82, 2.24) is 5.43 Å². The van der Waals surface area contributed by atoms with Crippen molar-refractivity contribution in [2.24, 2.45) is 5.10 Å². The zero-order valence-corrected chi connectivity index (χ0v) is 18.0. The van der Waals surface area contributed by atoms with Crippen LogP contribution in [0.5, 0.6) is 17.2 Å². The summed E-state index contributed by atoms with van der Waals surface area (Å²) in [5, 5.41) is 4.50. The molecule has 0 aliphatic carbocycles. The van der Waals surface area contributed by atoms with Gasteiger partial charge in [-0.25, -0.2) is 10.2 Å². The van der Waals surface area contributed by atoms with Crippen LogP contribution >= 0.6 is 11.6 Å². The maximum Gasteiger partial charge on any atom is 0.343 e. The predicted octanol–water partition coefficient (Wildman–Crippen LogP) is 4.49. The lowest BCUT2D eigenvalue weighted by Gasteiger charge is -2.11. The van der Waals surface area contributed by atoms with Gasteiger partial charge in [0, 0.05) is 5.02 Å². The first-order chi connectivity index (χ1) is 15.5. The van der Waals surface area contributed by atoms with Crippen LogP contribution in [0, 0.1) is 0 Å². The summed E-state index contributed by atoms with van der Waals surface area (Å²) in [5.41, 5.74) is 3.47. The first-order valence-corrected chi connectivity index (χ1v) is 10.2. The quantitative estimate of drug-likeness (QED) is 0.224. The number of nitrogens with one attached hydrogen (secondary N) is 1. The second-order valence-electron chi connectivity index (χ2n) is 6.43. The van der Waals surface area contributed by atoms with Crippen LogP contribution < -0.4 is 19.6 Å². The van der Waals surface area contributed by atoms with E-state index < -0.39 is 11.9 Å². The lowest BCUT2D eigenvalue weighted by atomic mass is 10.2. The van der Waals surface area contributed by atoms with E-state index in [1.165, 1.54) is 6.21 Å². The molecular formula is C24H21ClN2O5. The van der Waals surface area contributed by atoms with Crippen LogP contribution in [-0.4, -0.2) is 31.3 Å². The zero-order chi connectivity index (χ0) is 22.8. The van der Waals surface area contributed by atoms with Gasteiger partial charge in [-0.15, -0.1) is 0 Å². The number of amides is 1. The van der Waals surface area contributed by atoms with Gasteiger partial charge in [0.1, 0.15) is 5.75 Å². The van der Waals surface area contributed by atoms with Crippen molar-refractivity contribution in [3.63, 3.8) is 0 Å². The molecule has 0 atom stereocenters. The molecule has 0 radical (unpaired) electrons. The third kappa shape index (κ3) is 6.85. The number of hydrogen-bond acceptors (Lipinski definition) is 6. The monoisotopic (exact) mass is 452 g/mol. The highest BCUT2D eigenvalue weighted by atomic mass is 35.5. The number of hydrazone groups is 1. The number of ether oxygens (including phenoxy) is 3. The van der Waals surface area contributed by atoms with Crippen molar-refractivity contribution in [1.29, 1.82) is 0 Å². The van der Waals surface area contributed by atoms with Crippen molar-refractivity contribution < 1.29 is 23.8 Å². The molecule has 0 unspecified atom stereocenters. The minimum atomic E-state index is -0.485. The summed E-state index contributed by atoms with van der Waals surface area (Å²) in [6, 6.07) is 20.3. The number of esters is 1. The van der Waals surface area contributed by atoms with Crippen molar-refractivity contribution in [3.05, 3.63) is 88.9 Å². The zero-order valence-electron chi connectivity index (χ0n) is 17.3. The first kappa shape index (κ1) is 22.8. The summed E-state index contributed by atoms with van der Waals surface area (Å²) in [6.07, 6.45) is 1.45. The molecule has 3 aromatic rings. The predicted molar refractivity (Wildman–Crippen MR) is 122 cm³/mol. The van der Waals surface area contributed by atoms with Crippen LogP contribution in [0.1, 0.15) is 22.8 Å². The molecule has 0 aliphatic rings. The standard InChI is InChI=1S/C24H21ClN2O5/c1-2-30-22-14-17(8-13-21(22)32-24(29)18-6-4-3-5-7-18)15-26-27-23(28)16-31-20-11-9-19(25)10-12-20/h3-15H,2,16H2,1H3,(H,27,28)/b26-15+. The van der Waals surface area contributed by atoms with Crippen LogP contribution in [0.3, 0.4) is 0 Å². The normalized spacial score (nSPS) is 10.6. The lowest BCUT2D eigenvalue weighted by molar-refractivity contribution is -0.123. The average molecular weight is 453 g/mol. The Hall–Kier alpha value is -3.84. The number of rotatable bonds is 9. The Bertz CT molecular complexity index is 1090. The summed E-state index contributed by atoms with van der Waals surface area (Å²) in [6.45, 7) is 2.01. The Morgan fingerprint density at radius 1 is 0.969 bits per heavy atom. The highest BCUT2D eigenvalue weighted by Crippen LogP contribution is 2.29. The lowest BCUT2D eigenvalue weighted by Crippen LogP contribution is -2.24. The average Bonchev–Trinajstić information content (AvgIpc) is 2.81. The maximum atomic E-state index is 12.3. The van der Waals surface area contributed by atoms with Gasteiger partial charge in [-0.2, -0.15) is 5.10 Å². The van der Waals surface area contributed by atoms with Crippen LogP contribution in [-0.2, 0) is 4.79 Å². The molecule has 0 heterocycles. The molecule has 0 saturated heterocycles. The maximum absolute atomic E-state index is 12.3. The van der Waals surface area contributed by atoms with E-state index in [9.17, 15) is 9.59 Å². The van der Waals surface area contributed by atoms with Gasteiger partial charge < -0.3 is 14.2 Å². The third-order valence-corrected chi connectivity index (χ3v) is 4.32. The van der Waals surface area contributed by atoms with Gasteiger partial charge in [-0.3, -0.25) is 4.79 Å². The van der Waals surface area contributed by atoms with Gasteiger partial charge in [-0.05, 0) is 67.1 Å². The molecule has 0 bridgehead atoms. The topological polar surface area (TPSA) is 86.2 Å². The fourth-order valence-corrected chi connectivity index (χ4v) is 2.71. The molecule has 7 nitrogen and oxygen atoms in total. The van der Waals surface area contributed by atoms with Gasteiger partial charge in [0.15, 0.2) is 18.1 Å². The number of benzene rings is 3. The second kappa shape index (κ2) is 11.5. The van der Waals surface area contributed by atoms with Gasteiger partial charge in [0.05, 0.1) is 18.4 Å². The molecule has 32 heavy (non-hydrogen) atoms.